The molecular formula is C26H46O. The summed E-state index contributed by atoms with van der Waals surface area (Å²) < 4.78 is 0. The van der Waals surface area contributed by atoms with Gasteiger partial charge in [-0.3, -0.25) is 0 Å². The second kappa shape index (κ2) is 7.03. The first-order valence-electron chi connectivity index (χ1n) is 12.4. The summed E-state index contributed by atoms with van der Waals surface area (Å²) in [5, 5.41) is 10.3. The summed E-state index contributed by atoms with van der Waals surface area (Å²) in [6.45, 7) is 15.5. The summed E-state index contributed by atoms with van der Waals surface area (Å²) >= 11 is 0. The number of hydrogen-bond acceptors (Lipinski definition) is 1. The van der Waals surface area contributed by atoms with Crippen LogP contribution in [0.2, 0.25) is 0 Å². The predicted molar refractivity (Wildman–Crippen MR) is 114 cm³/mol. The maximum atomic E-state index is 10.3. The molecule has 0 amide bonds. The average molecular weight is 375 g/mol. The van der Waals surface area contributed by atoms with Crippen LogP contribution in [0.5, 0.6) is 0 Å². The van der Waals surface area contributed by atoms with Gasteiger partial charge in [-0.15, -0.1) is 0 Å². The molecule has 0 saturated heterocycles. The number of hydrogen-bond donors (Lipinski definition) is 1. The lowest BCUT2D eigenvalue weighted by atomic mass is 9.40. The third-order valence-corrected chi connectivity index (χ3v) is 11.1. The van der Waals surface area contributed by atoms with Crippen molar-refractivity contribution in [2.45, 2.75) is 105 Å². The maximum absolute atomic E-state index is 10.3. The van der Waals surface area contributed by atoms with Gasteiger partial charge in [-0.05, 0) is 103 Å². The van der Waals surface area contributed by atoms with Crippen molar-refractivity contribution in [3.63, 3.8) is 0 Å². The number of aliphatic hydroxyl groups is 1. The number of fused-ring (bicyclic) bond motifs is 5. The minimum absolute atomic E-state index is 0.0242. The summed E-state index contributed by atoms with van der Waals surface area (Å²) in [5.74, 6) is 7.15. The van der Waals surface area contributed by atoms with E-state index >= 15 is 0 Å². The molecule has 4 aliphatic rings. The molecule has 0 aromatic rings. The lowest BCUT2D eigenvalue weighted by Crippen LogP contribution is -2.58. The van der Waals surface area contributed by atoms with E-state index in [1.54, 1.807) is 0 Å². The fourth-order valence-electron chi connectivity index (χ4n) is 9.58. The van der Waals surface area contributed by atoms with Gasteiger partial charge in [0.05, 0.1) is 6.10 Å². The molecular weight excluding hydrogens is 328 g/mol. The van der Waals surface area contributed by atoms with E-state index in [-0.39, 0.29) is 6.10 Å². The van der Waals surface area contributed by atoms with Crippen LogP contribution in [0.4, 0.5) is 0 Å². The first kappa shape index (κ1) is 20.2. The Hall–Kier alpha value is -0.0400. The van der Waals surface area contributed by atoms with Gasteiger partial charge < -0.3 is 5.11 Å². The summed E-state index contributed by atoms with van der Waals surface area (Å²) in [7, 11) is 0. The first-order chi connectivity index (χ1) is 12.7. The van der Waals surface area contributed by atoms with E-state index in [1.807, 2.05) is 0 Å². The molecule has 1 N–H and O–H groups in total. The minimum atomic E-state index is -0.0242. The van der Waals surface area contributed by atoms with Crippen LogP contribution < -0.4 is 0 Å². The molecule has 0 aliphatic heterocycles. The van der Waals surface area contributed by atoms with Crippen LogP contribution >= 0.6 is 0 Å². The van der Waals surface area contributed by atoms with Crippen LogP contribution in [0.15, 0.2) is 0 Å². The van der Waals surface area contributed by atoms with Gasteiger partial charge in [0, 0.05) is 0 Å². The van der Waals surface area contributed by atoms with Gasteiger partial charge in [-0.2, -0.15) is 0 Å². The molecule has 4 rings (SSSR count). The molecule has 1 heteroatoms. The van der Waals surface area contributed by atoms with Gasteiger partial charge in [0.25, 0.3) is 0 Å². The van der Waals surface area contributed by atoms with E-state index in [2.05, 4.69) is 41.5 Å². The molecule has 4 fully saturated rings. The zero-order valence-corrected chi connectivity index (χ0v) is 19.0. The Balaban J connectivity index is 1.66. The van der Waals surface area contributed by atoms with Crippen LogP contribution in [0.3, 0.4) is 0 Å². The standard InChI is InChI=1S/C26H46O/c1-7-8-16(2)21-9-10-22-24-17(3)13-19-15-20(27)11-12-25(19,5)23(24)14-18(4)26(21,22)6/h16-24,27H,7-15H2,1-6H3/t16-,17-,18+,19?,20-,21+,22?,23?,24?,25-,26+/m0/s1. The van der Waals surface area contributed by atoms with Crippen molar-refractivity contribution in [1.82, 2.24) is 0 Å². The summed E-state index contributed by atoms with van der Waals surface area (Å²) in [6.07, 6.45) is 12.0. The Morgan fingerprint density at radius 2 is 1.74 bits per heavy atom. The van der Waals surface area contributed by atoms with Crippen LogP contribution in [0.1, 0.15) is 99.3 Å². The highest BCUT2D eigenvalue weighted by atomic mass is 16.3. The van der Waals surface area contributed by atoms with E-state index in [0.717, 1.165) is 60.2 Å². The normalized spacial score (nSPS) is 56.1. The molecule has 11 atom stereocenters. The van der Waals surface area contributed by atoms with Crippen LogP contribution in [0, 0.1) is 58.2 Å². The molecule has 0 aromatic carbocycles. The van der Waals surface area contributed by atoms with Crippen LogP contribution in [-0.2, 0) is 0 Å². The second-order valence-corrected chi connectivity index (χ2v) is 12.1. The predicted octanol–water partition coefficient (Wildman–Crippen LogP) is 6.93. The molecule has 0 bridgehead atoms. The molecule has 4 aliphatic carbocycles. The first-order valence-corrected chi connectivity index (χ1v) is 12.4. The van der Waals surface area contributed by atoms with Crippen molar-refractivity contribution in [3.05, 3.63) is 0 Å². The van der Waals surface area contributed by atoms with E-state index < -0.39 is 0 Å². The summed E-state index contributed by atoms with van der Waals surface area (Å²) in [6, 6.07) is 0. The Morgan fingerprint density at radius 3 is 2.44 bits per heavy atom. The second-order valence-electron chi connectivity index (χ2n) is 12.1. The molecule has 0 radical (unpaired) electrons. The molecule has 0 heterocycles. The fourth-order valence-corrected chi connectivity index (χ4v) is 9.58. The molecule has 4 saturated carbocycles. The quantitative estimate of drug-likeness (QED) is 0.567. The van der Waals surface area contributed by atoms with Crippen molar-refractivity contribution in [1.29, 1.82) is 0 Å². The van der Waals surface area contributed by atoms with Crippen molar-refractivity contribution in [2.75, 3.05) is 0 Å². The molecule has 156 valence electrons. The Bertz CT molecular complexity index is 542. The van der Waals surface area contributed by atoms with E-state index in [4.69, 9.17) is 0 Å². The third kappa shape index (κ3) is 2.88. The van der Waals surface area contributed by atoms with Crippen LogP contribution in [-0.4, -0.2) is 11.2 Å². The molecule has 0 spiro atoms. The van der Waals surface area contributed by atoms with Crippen molar-refractivity contribution in [2.24, 2.45) is 58.2 Å². The van der Waals surface area contributed by atoms with E-state index in [0.29, 0.717) is 10.8 Å². The molecule has 4 unspecified atom stereocenters. The van der Waals surface area contributed by atoms with Gasteiger partial charge in [0.15, 0.2) is 0 Å². The van der Waals surface area contributed by atoms with E-state index in [9.17, 15) is 5.11 Å². The van der Waals surface area contributed by atoms with Gasteiger partial charge in [0.2, 0.25) is 0 Å². The SMILES string of the molecule is CCC[C@H](C)[C@H]1CCC2C3C(C[C@@H](C)[C@@]21C)[C@@]1(C)CC[C@H](O)CC1C[C@@H]3C. The molecule has 27 heavy (non-hydrogen) atoms. The summed E-state index contributed by atoms with van der Waals surface area (Å²) in [5.41, 5.74) is 1.07. The smallest absolute Gasteiger partial charge is 0.0543 e. The zero-order chi connectivity index (χ0) is 19.6. The maximum Gasteiger partial charge on any atom is 0.0543 e. The summed E-state index contributed by atoms with van der Waals surface area (Å²) in [4.78, 5) is 0. The van der Waals surface area contributed by atoms with Crippen molar-refractivity contribution < 1.29 is 5.11 Å². The Labute approximate surface area is 169 Å². The zero-order valence-electron chi connectivity index (χ0n) is 19.0. The average Bonchev–Trinajstić information content (AvgIpc) is 2.96. The molecule has 0 aromatic heterocycles. The van der Waals surface area contributed by atoms with Gasteiger partial charge in [-0.25, -0.2) is 0 Å². The lowest BCUT2D eigenvalue weighted by molar-refractivity contribution is -0.168. The fraction of sp³-hybridized carbons (Fsp3) is 1.00. The third-order valence-electron chi connectivity index (χ3n) is 11.1. The van der Waals surface area contributed by atoms with Gasteiger partial charge in [0.1, 0.15) is 0 Å². The molecule has 1 nitrogen and oxygen atoms in total. The topological polar surface area (TPSA) is 20.2 Å². The lowest BCUT2D eigenvalue weighted by Gasteiger charge is -2.64. The van der Waals surface area contributed by atoms with Crippen molar-refractivity contribution in [3.8, 4) is 0 Å². The monoisotopic (exact) mass is 374 g/mol. The highest BCUT2D eigenvalue weighted by Gasteiger charge is 2.64. The Morgan fingerprint density at radius 1 is 1.00 bits per heavy atom. The number of rotatable bonds is 3. The highest BCUT2D eigenvalue weighted by Crippen LogP contribution is 2.70. The minimum Gasteiger partial charge on any atom is -0.393 e. The van der Waals surface area contributed by atoms with Crippen molar-refractivity contribution >= 4 is 0 Å². The largest absolute Gasteiger partial charge is 0.393 e. The highest BCUT2D eigenvalue weighted by molar-refractivity contribution is 5.12. The van der Waals surface area contributed by atoms with Crippen LogP contribution in [0.25, 0.3) is 0 Å². The van der Waals surface area contributed by atoms with Gasteiger partial charge in [-0.1, -0.05) is 54.4 Å². The number of aliphatic hydroxyl groups excluding tert-OH is 1. The van der Waals surface area contributed by atoms with E-state index in [1.165, 1.54) is 44.9 Å². The van der Waals surface area contributed by atoms with Gasteiger partial charge >= 0.3 is 0 Å². The Kier molecular flexibility index (Phi) is 5.27.